The van der Waals surface area contributed by atoms with E-state index in [9.17, 15) is 19.2 Å². The third-order valence-corrected chi connectivity index (χ3v) is 9.72. The number of hydrogen-bond donors (Lipinski definition) is 3. The van der Waals surface area contributed by atoms with Crippen LogP contribution in [0.3, 0.4) is 0 Å². The largest absolute Gasteiger partial charge is 0.398 e. The number of carbonyl (C=O) groups is 2. The minimum atomic E-state index is -0.840. The average molecular weight is 541 g/mol. The molecule has 5 atom stereocenters. The summed E-state index contributed by atoms with van der Waals surface area (Å²) in [7, 11) is 2.47. The SMILES string of the molecule is C=S1C[C@H](CSc2nc(=O)c(=O)[nH]n2C)[C@H](C)N2C(=O)C(NC(=O)/C(=N\OC)c3csc(N)n3)C21. The summed E-state index contributed by atoms with van der Waals surface area (Å²) >= 11 is 2.50. The molecule has 35 heavy (non-hydrogen) atoms. The number of thiazole rings is 1. The molecule has 0 spiro atoms. The van der Waals surface area contributed by atoms with Crippen LogP contribution < -0.4 is 22.2 Å². The minimum absolute atomic E-state index is 0.0622. The van der Waals surface area contributed by atoms with E-state index in [1.165, 1.54) is 23.6 Å². The first-order valence-corrected chi connectivity index (χ1v) is 13.9. The quantitative estimate of drug-likeness (QED) is 0.0994. The number of nitrogen functional groups attached to an aromatic ring is 1. The number of nitrogens with one attached hydrogen (secondary N) is 2. The Kier molecular flexibility index (Phi) is 7.14. The number of thioether (sulfide) groups is 1. The van der Waals surface area contributed by atoms with Crippen molar-refractivity contribution in [1.29, 1.82) is 0 Å². The lowest BCUT2D eigenvalue weighted by atomic mass is 9.96. The topological polar surface area (TPSA) is 178 Å². The number of H-pyrrole nitrogens is 1. The Bertz CT molecular complexity index is 1330. The van der Waals surface area contributed by atoms with Crippen LogP contribution in [0, 0.1) is 5.92 Å². The van der Waals surface area contributed by atoms with Crippen molar-refractivity contribution < 1.29 is 14.4 Å². The number of aryl methyl sites for hydroxylation is 1. The molecule has 0 radical (unpaired) electrons. The molecule has 2 aliphatic heterocycles. The zero-order chi connectivity index (χ0) is 25.4. The molecule has 3 unspecified atom stereocenters. The van der Waals surface area contributed by atoms with Gasteiger partial charge in [-0.05, 0) is 18.6 Å². The number of nitrogens with two attached hydrogens (primary N) is 1. The highest BCUT2D eigenvalue weighted by atomic mass is 32.2. The number of rotatable bonds is 7. The van der Waals surface area contributed by atoms with E-state index in [1.807, 2.05) is 6.92 Å². The van der Waals surface area contributed by atoms with Crippen LogP contribution in [0.1, 0.15) is 12.6 Å². The summed E-state index contributed by atoms with van der Waals surface area (Å²) in [6.45, 7) is 1.96. The van der Waals surface area contributed by atoms with Gasteiger partial charge in [0.25, 0.3) is 5.91 Å². The van der Waals surface area contributed by atoms with Crippen LogP contribution in [0.5, 0.6) is 0 Å². The molecule has 2 aromatic heterocycles. The van der Waals surface area contributed by atoms with Gasteiger partial charge in [-0.2, -0.15) is 15.5 Å². The van der Waals surface area contributed by atoms with Crippen molar-refractivity contribution in [1.82, 2.24) is 30.0 Å². The fraction of sp³-hybridized carbons (Fsp3) is 0.474. The summed E-state index contributed by atoms with van der Waals surface area (Å²) in [5.74, 6) is 4.89. The maximum atomic E-state index is 13.0. The van der Waals surface area contributed by atoms with Gasteiger partial charge in [0.15, 0.2) is 16.0 Å². The van der Waals surface area contributed by atoms with Crippen LogP contribution >= 0.6 is 33.6 Å². The molecule has 4 N–H and O–H groups in total. The summed E-state index contributed by atoms with van der Waals surface area (Å²) in [5.41, 5.74) is 4.25. The molecule has 4 rings (SSSR count). The minimum Gasteiger partial charge on any atom is -0.398 e. The van der Waals surface area contributed by atoms with Crippen molar-refractivity contribution >= 4 is 62.1 Å². The number of hydrogen-bond acceptors (Lipinski definition) is 11. The number of aromatic nitrogens is 4. The molecule has 2 amide bonds. The molecule has 2 aromatic rings. The zero-order valence-electron chi connectivity index (χ0n) is 19.1. The lowest BCUT2D eigenvalue weighted by molar-refractivity contribution is -0.152. The van der Waals surface area contributed by atoms with Crippen LogP contribution in [0.4, 0.5) is 5.13 Å². The van der Waals surface area contributed by atoms with Gasteiger partial charge in [0.1, 0.15) is 24.2 Å². The molecular weight excluding hydrogens is 516 g/mol. The standard InChI is InChI=1S/C19H24N8O5S3/c1-8-9(5-34-19-23-14(29)15(30)24-26(19)2)7-35(4)17-12(16(31)27(8)17)22-13(28)11(25-32-3)10-6-33-18(20)21-10/h6,8-9,12,17H,4-5,7H2,1-3H3,(H2,20,21)(H,22,28)(H,24,30)/b25-11-/t8-,9-,12?,17?,35?/m0/s1. The Labute approximate surface area is 210 Å². The van der Waals surface area contributed by atoms with E-state index in [1.54, 1.807) is 17.3 Å². The molecule has 2 fully saturated rings. The van der Waals surface area contributed by atoms with Gasteiger partial charge in [0.2, 0.25) is 5.91 Å². The van der Waals surface area contributed by atoms with Crippen LogP contribution in [-0.4, -0.2) is 84.1 Å². The lowest BCUT2D eigenvalue weighted by Gasteiger charge is -2.56. The first-order valence-electron chi connectivity index (χ1n) is 10.4. The Balaban J connectivity index is 1.44. The number of nitrogens with zero attached hydrogens (tertiary/aromatic N) is 5. The van der Waals surface area contributed by atoms with Gasteiger partial charge in [-0.1, -0.05) is 22.8 Å². The predicted octanol–water partition coefficient (Wildman–Crippen LogP) is -0.978. The summed E-state index contributed by atoms with van der Waals surface area (Å²) in [6.07, 6.45) is 0. The molecule has 0 aromatic carbocycles. The maximum Gasteiger partial charge on any atom is 0.339 e. The Morgan fingerprint density at radius 1 is 1.46 bits per heavy atom. The Hall–Kier alpha value is -2.98. The number of amides is 2. The van der Waals surface area contributed by atoms with Gasteiger partial charge in [0, 0.05) is 24.2 Å². The van der Waals surface area contributed by atoms with E-state index in [0.717, 1.165) is 17.1 Å². The van der Waals surface area contributed by atoms with Crippen molar-refractivity contribution in [2.75, 3.05) is 24.3 Å². The second-order valence-electron chi connectivity index (χ2n) is 8.00. The van der Waals surface area contributed by atoms with Gasteiger partial charge in [-0.15, -0.1) is 11.3 Å². The Morgan fingerprint density at radius 3 is 2.86 bits per heavy atom. The highest BCUT2D eigenvalue weighted by Gasteiger charge is 2.55. The molecule has 188 valence electrons. The average Bonchev–Trinajstić information content (AvgIpc) is 3.24. The number of aromatic amines is 1. The van der Waals surface area contributed by atoms with Crippen LogP contribution in [0.25, 0.3) is 0 Å². The van der Waals surface area contributed by atoms with E-state index in [2.05, 4.69) is 31.4 Å². The summed E-state index contributed by atoms with van der Waals surface area (Å²) in [6, 6.07) is -0.831. The summed E-state index contributed by atoms with van der Waals surface area (Å²) < 4.78 is 1.41. The number of oxime groups is 1. The Morgan fingerprint density at radius 2 is 2.20 bits per heavy atom. The smallest absolute Gasteiger partial charge is 0.339 e. The van der Waals surface area contributed by atoms with Crippen molar-refractivity contribution in [3.63, 3.8) is 0 Å². The van der Waals surface area contributed by atoms with Gasteiger partial charge >= 0.3 is 11.1 Å². The van der Waals surface area contributed by atoms with E-state index in [-0.39, 0.29) is 39.8 Å². The molecule has 0 aliphatic carbocycles. The fourth-order valence-corrected chi connectivity index (χ4v) is 8.18. The van der Waals surface area contributed by atoms with Gasteiger partial charge in [-0.3, -0.25) is 29.0 Å². The molecule has 2 saturated heterocycles. The first kappa shape index (κ1) is 25.1. The van der Waals surface area contributed by atoms with Gasteiger partial charge in [0.05, 0.1) is 0 Å². The van der Waals surface area contributed by atoms with E-state index >= 15 is 0 Å². The van der Waals surface area contributed by atoms with E-state index < -0.39 is 33.6 Å². The third-order valence-electron chi connectivity index (χ3n) is 5.79. The molecule has 4 heterocycles. The lowest BCUT2D eigenvalue weighted by Crippen LogP contribution is -2.75. The van der Waals surface area contributed by atoms with Crippen LogP contribution in [0.15, 0.2) is 25.3 Å². The number of carbonyl (C=O) groups excluding carboxylic acids is 2. The first-order chi connectivity index (χ1) is 16.6. The molecule has 2 aliphatic rings. The van der Waals surface area contributed by atoms with Crippen LogP contribution in [0.2, 0.25) is 0 Å². The van der Waals surface area contributed by atoms with Crippen molar-refractivity contribution in [3.8, 4) is 0 Å². The highest BCUT2D eigenvalue weighted by molar-refractivity contribution is 8.14. The van der Waals surface area contributed by atoms with E-state index in [4.69, 9.17) is 10.6 Å². The van der Waals surface area contributed by atoms with Crippen molar-refractivity contribution in [3.05, 3.63) is 31.8 Å². The highest BCUT2D eigenvalue weighted by Crippen LogP contribution is 2.44. The number of anilines is 1. The predicted molar refractivity (Wildman–Crippen MR) is 136 cm³/mol. The zero-order valence-corrected chi connectivity index (χ0v) is 21.5. The van der Waals surface area contributed by atoms with Crippen molar-refractivity contribution in [2.45, 2.75) is 29.5 Å². The maximum absolute atomic E-state index is 13.0. The van der Waals surface area contributed by atoms with E-state index in [0.29, 0.717) is 10.9 Å². The summed E-state index contributed by atoms with van der Waals surface area (Å²) in [4.78, 5) is 63.4. The van der Waals surface area contributed by atoms with Crippen LogP contribution in [-0.2, 0) is 21.5 Å². The molecule has 0 bridgehead atoms. The second-order valence-corrected chi connectivity index (χ2v) is 11.8. The molecule has 0 saturated carbocycles. The number of fused-ring (bicyclic) bond motifs is 1. The fourth-order valence-electron chi connectivity index (χ4n) is 4.01. The van der Waals surface area contributed by atoms with Gasteiger partial charge in [-0.25, -0.2) is 4.98 Å². The summed E-state index contributed by atoms with van der Waals surface area (Å²) in [5, 5.41) is 11.0. The number of β-lactam (4-membered cyclic amide) rings is 1. The molecular formula is C19H24N8O5S3. The molecule has 16 heteroatoms. The second kappa shape index (κ2) is 9.94. The van der Waals surface area contributed by atoms with Crippen molar-refractivity contribution in [2.24, 2.45) is 18.1 Å². The third kappa shape index (κ3) is 4.77. The van der Waals surface area contributed by atoms with Gasteiger partial charge < -0.3 is 20.8 Å². The molecule has 13 nitrogen and oxygen atoms in total. The normalized spacial score (nSPS) is 26.1. The monoisotopic (exact) mass is 540 g/mol.